The van der Waals surface area contributed by atoms with Crippen LogP contribution in [0.3, 0.4) is 0 Å². The minimum atomic E-state index is -3.30. The molecule has 0 spiro atoms. The summed E-state index contributed by atoms with van der Waals surface area (Å²) in [7, 11) is -3.30. The fourth-order valence-electron chi connectivity index (χ4n) is 1.99. The minimum Gasteiger partial charge on any atom is -0.506 e. The number of rotatable bonds is 5. The summed E-state index contributed by atoms with van der Waals surface area (Å²) in [4.78, 5) is 0.275. The van der Waals surface area contributed by atoms with Crippen LogP contribution in [-0.4, -0.2) is 19.3 Å². The van der Waals surface area contributed by atoms with Crippen LogP contribution in [0.1, 0.15) is 12.0 Å². The average molecular weight is 326 g/mol. The maximum Gasteiger partial charge on any atom is 0.178 e. The predicted molar refractivity (Wildman–Crippen MR) is 84.3 cm³/mol. The van der Waals surface area contributed by atoms with Gasteiger partial charge in [-0.2, -0.15) is 0 Å². The molecule has 0 atom stereocenters. The molecule has 21 heavy (non-hydrogen) atoms. The zero-order chi connectivity index (χ0) is 15.5. The zero-order valence-corrected chi connectivity index (χ0v) is 12.9. The second kappa shape index (κ2) is 6.37. The van der Waals surface area contributed by atoms with E-state index in [9.17, 15) is 13.5 Å². The molecule has 2 aromatic carbocycles. The molecule has 0 amide bonds. The monoisotopic (exact) mass is 325 g/mol. The number of hydrogen-bond donors (Lipinski definition) is 2. The number of phenolic OH excluding ortho intramolecular Hbond substituents is 1. The van der Waals surface area contributed by atoms with Crippen molar-refractivity contribution < 1.29 is 13.5 Å². The van der Waals surface area contributed by atoms with Crippen LogP contribution in [0.15, 0.2) is 47.4 Å². The molecular formula is C15H16ClNO3S. The van der Waals surface area contributed by atoms with Crippen LogP contribution in [0, 0.1) is 0 Å². The maximum atomic E-state index is 12.1. The van der Waals surface area contributed by atoms with E-state index >= 15 is 0 Å². The molecule has 0 aliphatic heterocycles. The molecule has 0 aliphatic carbocycles. The van der Waals surface area contributed by atoms with Crippen LogP contribution in [0.2, 0.25) is 5.02 Å². The Morgan fingerprint density at radius 1 is 1.10 bits per heavy atom. The summed E-state index contributed by atoms with van der Waals surface area (Å²) in [5.74, 6) is 0.0858. The van der Waals surface area contributed by atoms with E-state index in [1.165, 1.54) is 18.2 Å². The van der Waals surface area contributed by atoms with Gasteiger partial charge in [0.2, 0.25) is 0 Å². The number of aryl methyl sites for hydroxylation is 1. The highest BCUT2D eigenvalue weighted by atomic mass is 35.5. The molecule has 0 unspecified atom stereocenters. The highest BCUT2D eigenvalue weighted by Crippen LogP contribution is 2.22. The number of halogens is 1. The summed E-state index contributed by atoms with van der Waals surface area (Å²) in [6, 6.07) is 11.1. The Morgan fingerprint density at radius 3 is 2.38 bits per heavy atom. The topological polar surface area (TPSA) is 80.4 Å². The fraction of sp³-hybridized carbons (Fsp3) is 0.200. The Labute approximate surface area is 129 Å². The molecule has 2 rings (SSSR count). The standard InChI is InChI=1S/C15H16ClNO3S/c16-12-4-6-13(7-5-12)21(19,20)9-1-2-11-3-8-15(18)14(17)10-11/h3-8,10,18H,1-2,9,17H2. The van der Waals surface area contributed by atoms with Gasteiger partial charge in [0.25, 0.3) is 0 Å². The number of nitrogens with two attached hydrogens (primary N) is 1. The highest BCUT2D eigenvalue weighted by molar-refractivity contribution is 7.91. The lowest BCUT2D eigenvalue weighted by Gasteiger charge is -2.06. The number of phenols is 1. The van der Waals surface area contributed by atoms with Gasteiger partial charge in [-0.1, -0.05) is 17.7 Å². The van der Waals surface area contributed by atoms with Gasteiger partial charge < -0.3 is 10.8 Å². The number of anilines is 1. The van der Waals surface area contributed by atoms with Crippen molar-refractivity contribution in [2.24, 2.45) is 0 Å². The summed E-state index contributed by atoms with van der Waals surface area (Å²) in [5.41, 5.74) is 6.80. The van der Waals surface area contributed by atoms with Crippen molar-refractivity contribution in [3.8, 4) is 5.75 Å². The third-order valence-electron chi connectivity index (χ3n) is 3.14. The summed E-state index contributed by atoms with van der Waals surface area (Å²) in [6.07, 6.45) is 1.06. The van der Waals surface area contributed by atoms with Crippen LogP contribution < -0.4 is 5.73 Å². The van der Waals surface area contributed by atoms with Crippen molar-refractivity contribution in [2.45, 2.75) is 17.7 Å². The van der Waals surface area contributed by atoms with E-state index in [1.807, 2.05) is 0 Å². The first-order chi connectivity index (χ1) is 9.88. The van der Waals surface area contributed by atoms with E-state index in [0.29, 0.717) is 23.6 Å². The average Bonchev–Trinajstić information content (AvgIpc) is 2.43. The lowest BCUT2D eigenvalue weighted by molar-refractivity contribution is 0.477. The quantitative estimate of drug-likeness (QED) is 0.654. The Bertz CT molecular complexity index is 727. The first-order valence-corrected chi connectivity index (χ1v) is 8.47. The van der Waals surface area contributed by atoms with Crippen molar-refractivity contribution in [3.05, 3.63) is 53.1 Å². The number of nitrogen functional groups attached to an aromatic ring is 1. The van der Waals surface area contributed by atoms with Gasteiger partial charge in [-0.15, -0.1) is 0 Å². The van der Waals surface area contributed by atoms with Gasteiger partial charge in [0, 0.05) is 5.02 Å². The van der Waals surface area contributed by atoms with E-state index in [2.05, 4.69) is 0 Å². The van der Waals surface area contributed by atoms with Gasteiger partial charge in [0.05, 0.1) is 16.3 Å². The molecule has 0 aromatic heterocycles. The summed E-state index contributed by atoms with van der Waals surface area (Å²) < 4.78 is 24.3. The molecule has 112 valence electrons. The molecule has 4 nitrogen and oxygen atoms in total. The predicted octanol–water partition coefficient (Wildman–Crippen LogP) is 3.03. The van der Waals surface area contributed by atoms with Crippen molar-refractivity contribution in [3.63, 3.8) is 0 Å². The van der Waals surface area contributed by atoms with E-state index in [4.69, 9.17) is 17.3 Å². The van der Waals surface area contributed by atoms with Crippen LogP contribution in [0.4, 0.5) is 5.69 Å². The van der Waals surface area contributed by atoms with Crippen molar-refractivity contribution in [1.82, 2.24) is 0 Å². The molecule has 0 heterocycles. The summed E-state index contributed by atoms with van der Waals surface area (Å²) >= 11 is 5.75. The molecule has 0 fully saturated rings. The largest absolute Gasteiger partial charge is 0.506 e. The fourth-order valence-corrected chi connectivity index (χ4v) is 3.42. The molecule has 0 radical (unpaired) electrons. The first-order valence-electron chi connectivity index (χ1n) is 6.44. The van der Waals surface area contributed by atoms with E-state index in [-0.39, 0.29) is 16.4 Å². The Hall–Kier alpha value is -1.72. The van der Waals surface area contributed by atoms with Crippen molar-refractivity contribution in [1.29, 1.82) is 0 Å². The third-order valence-corrected chi connectivity index (χ3v) is 5.21. The lowest BCUT2D eigenvalue weighted by atomic mass is 10.1. The van der Waals surface area contributed by atoms with Crippen molar-refractivity contribution >= 4 is 27.1 Å². The number of aromatic hydroxyl groups is 1. The van der Waals surface area contributed by atoms with Gasteiger partial charge in [-0.25, -0.2) is 8.42 Å². The normalized spacial score (nSPS) is 11.5. The molecule has 2 aromatic rings. The van der Waals surface area contributed by atoms with Crippen LogP contribution in [0.5, 0.6) is 5.75 Å². The SMILES string of the molecule is Nc1cc(CCCS(=O)(=O)c2ccc(Cl)cc2)ccc1O. The van der Waals surface area contributed by atoms with Crippen molar-refractivity contribution in [2.75, 3.05) is 11.5 Å². The molecular weight excluding hydrogens is 310 g/mol. The Kier molecular flexibility index (Phi) is 4.75. The van der Waals surface area contributed by atoms with Gasteiger partial charge in [-0.3, -0.25) is 0 Å². The van der Waals surface area contributed by atoms with Crippen LogP contribution >= 0.6 is 11.6 Å². The molecule has 0 bridgehead atoms. The second-order valence-corrected chi connectivity index (χ2v) is 7.32. The van der Waals surface area contributed by atoms with E-state index in [0.717, 1.165) is 5.56 Å². The minimum absolute atomic E-state index is 0.0348. The summed E-state index contributed by atoms with van der Waals surface area (Å²) in [5, 5.41) is 9.85. The highest BCUT2D eigenvalue weighted by Gasteiger charge is 2.13. The molecule has 0 aliphatic rings. The molecule has 0 saturated heterocycles. The Morgan fingerprint density at radius 2 is 1.76 bits per heavy atom. The van der Waals surface area contributed by atoms with Crippen LogP contribution in [-0.2, 0) is 16.3 Å². The summed E-state index contributed by atoms with van der Waals surface area (Å²) in [6.45, 7) is 0. The van der Waals surface area contributed by atoms with Gasteiger partial charge in [0.1, 0.15) is 5.75 Å². The molecule has 0 saturated carbocycles. The van der Waals surface area contributed by atoms with E-state index in [1.54, 1.807) is 24.3 Å². The van der Waals surface area contributed by atoms with Gasteiger partial charge in [0.15, 0.2) is 9.84 Å². The molecule has 3 N–H and O–H groups in total. The first kappa shape index (κ1) is 15.7. The second-order valence-electron chi connectivity index (χ2n) is 4.77. The van der Waals surface area contributed by atoms with E-state index < -0.39 is 9.84 Å². The Balaban J connectivity index is 1.98. The smallest absolute Gasteiger partial charge is 0.178 e. The number of hydrogen-bond acceptors (Lipinski definition) is 4. The lowest BCUT2D eigenvalue weighted by Crippen LogP contribution is -2.07. The zero-order valence-electron chi connectivity index (χ0n) is 11.3. The maximum absolute atomic E-state index is 12.1. The number of benzene rings is 2. The third kappa shape index (κ3) is 4.12. The van der Waals surface area contributed by atoms with Crippen LogP contribution in [0.25, 0.3) is 0 Å². The van der Waals surface area contributed by atoms with Gasteiger partial charge >= 0.3 is 0 Å². The number of sulfone groups is 1. The van der Waals surface area contributed by atoms with Gasteiger partial charge in [-0.05, 0) is 54.8 Å². The molecule has 6 heteroatoms.